The minimum atomic E-state index is -0.469. The Morgan fingerprint density at radius 1 is 1.16 bits per heavy atom. The van der Waals surface area contributed by atoms with E-state index in [1.165, 1.54) is 22.5 Å². The van der Waals surface area contributed by atoms with Crippen LogP contribution in [-0.2, 0) is 11.2 Å². The van der Waals surface area contributed by atoms with Crippen molar-refractivity contribution in [2.45, 2.75) is 39.5 Å². The number of amides is 1. The maximum atomic E-state index is 12.6. The second-order valence-corrected chi connectivity index (χ2v) is 8.66. The molecule has 0 aliphatic rings. The van der Waals surface area contributed by atoms with E-state index in [2.05, 4.69) is 48.4 Å². The number of anilines is 1. The number of carbonyl (C=O) groups is 1. The number of aryl methyl sites for hydroxylation is 1. The third-order valence-electron chi connectivity index (χ3n) is 4.85. The molecular formula is C26H27N3O2S. The molecular weight excluding hydrogens is 418 g/mol. The van der Waals surface area contributed by atoms with Crippen molar-refractivity contribution < 1.29 is 9.53 Å². The smallest absolute Gasteiger partial charge is 0.268 e. The van der Waals surface area contributed by atoms with Gasteiger partial charge in [-0.2, -0.15) is 5.26 Å². The molecule has 5 nitrogen and oxygen atoms in total. The lowest BCUT2D eigenvalue weighted by molar-refractivity contribution is -0.112. The number of carbonyl (C=O) groups excluding carboxylic acids is 1. The number of unbranched alkanes of at least 4 members (excludes halogenated alkanes) is 2. The van der Waals surface area contributed by atoms with Crippen LogP contribution in [0.25, 0.3) is 6.08 Å². The zero-order valence-corrected chi connectivity index (χ0v) is 19.2. The molecule has 0 bridgehead atoms. The number of benzene rings is 2. The van der Waals surface area contributed by atoms with E-state index in [-0.39, 0.29) is 5.57 Å². The number of thiazole rings is 1. The van der Waals surface area contributed by atoms with Gasteiger partial charge in [0.2, 0.25) is 0 Å². The summed E-state index contributed by atoms with van der Waals surface area (Å²) in [5.74, 6) is 0.314. The Bertz CT molecular complexity index is 1090. The first-order valence-corrected chi connectivity index (χ1v) is 11.6. The zero-order chi connectivity index (χ0) is 22.8. The van der Waals surface area contributed by atoms with Crippen LogP contribution in [0.5, 0.6) is 5.75 Å². The quantitative estimate of drug-likeness (QED) is 0.230. The normalized spacial score (nSPS) is 11.1. The Labute approximate surface area is 193 Å². The van der Waals surface area contributed by atoms with Gasteiger partial charge in [-0.15, -0.1) is 11.3 Å². The number of nitriles is 1. The summed E-state index contributed by atoms with van der Waals surface area (Å²) >= 11 is 1.41. The fraction of sp³-hybridized carbons (Fsp3) is 0.269. The standard InChI is InChI=1S/C26H27N3O2S/c1-3-4-5-14-31-23-12-10-20(11-13-23)15-22(17-27)25(30)29-26-28-18-24(32-26)16-21-8-6-19(2)7-9-21/h6-13,15,18H,3-5,14,16H2,1-2H3,(H,28,29,30)/b22-15+. The van der Waals surface area contributed by atoms with Crippen LogP contribution in [0.1, 0.15) is 47.8 Å². The van der Waals surface area contributed by atoms with Crippen LogP contribution in [0.3, 0.4) is 0 Å². The molecule has 6 heteroatoms. The molecule has 32 heavy (non-hydrogen) atoms. The molecule has 3 aromatic rings. The van der Waals surface area contributed by atoms with Crippen molar-refractivity contribution in [2.24, 2.45) is 0 Å². The van der Waals surface area contributed by atoms with E-state index in [4.69, 9.17) is 4.74 Å². The van der Waals surface area contributed by atoms with Gasteiger partial charge in [0.25, 0.3) is 5.91 Å². The third kappa shape index (κ3) is 7.07. The lowest BCUT2D eigenvalue weighted by Crippen LogP contribution is -2.13. The molecule has 0 fully saturated rings. The maximum absolute atomic E-state index is 12.6. The summed E-state index contributed by atoms with van der Waals surface area (Å²) in [7, 11) is 0. The molecule has 0 atom stereocenters. The van der Waals surface area contributed by atoms with Gasteiger partial charge >= 0.3 is 0 Å². The zero-order valence-electron chi connectivity index (χ0n) is 18.4. The van der Waals surface area contributed by atoms with Gasteiger partial charge in [0.1, 0.15) is 17.4 Å². The van der Waals surface area contributed by atoms with E-state index >= 15 is 0 Å². The first-order valence-electron chi connectivity index (χ1n) is 10.7. The monoisotopic (exact) mass is 445 g/mol. The van der Waals surface area contributed by atoms with E-state index in [1.807, 2.05) is 30.3 Å². The van der Waals surface area contributed by atoms with E-state index in [0.29, 0.717) is 11.7 Å². The number of nitrogens with one attached hydrogen (secondary N) is 1. The van der Waals surface area contributed by atoms with Crippen LogP contribution < -0.4 is 10.1 Å². The fourth-order valence-electron chi connectivity index (χ4n) is 3.04. The summed E-state index contributed by atoms with van der Waals surface area (Å²) in [6.07, 6.45) is 7.41. The predicted octanol–water partition coefficient (Wildman–Crippen LogP) is 6.16. The Balaban J connectivity index is 1.58. The van der Waals surface area contributed by atoms with Gasteiger partial charge in [0.05, 0.1) is 6.61 Å². The summed E-state index contributed by atoms with van der Waals surface area (Å²) in [5, 5.41) is 12.7. The number of nitrogens with zero attached hydrogens (tertiary/aromatic N) is 2. The Kier molecular flexibility index (Phi) is 8.59. The number of rotatable bonds is 10. The van der Waals surface area contributed by atoms with Gasteiger partial charge in [-0.3, -0.25) is 10.1 Å². The molecule has 0 saturated heterocycles. The molecule has 1 N–H and O–H groups in total. The Morgan fingerprint density at radius 3 is 2.59 bits per heavy atom. The van der Waals surface area contributed by atoms with Crippen LogP contribution in [0.15, 0.2) is 60.3 Å². The molecule has 1 heterocycles. The summed E-state index contributed by atoms with van der Waals surface area (Å²) in [5.41, 5.74) is 3.19. The SMILES string of the molecule is CCCCCOc1ccc(/C=C(\C#N)C(=O)Nc2ncc(Cc3ccc(C)cc3)s2)cc1. The van der Waals surface area contributed by atoms with Crippen molar-refractivity contribution in [3.8, 4) is 11.8 Å². The van der Waals surface area contributed by atoms with E-state index in [0.717, 1.165) is 41.9 Å². The van der Waals surface area contributed by atoms with Crippen molar-refractivity contribution in [1.29, 1.82) is 5.26 Å². The molecule has 0 spiro atoms. The molecule has 0 radical (unpaired) electrons. The van der Waals surface area contributed by atoms with E-state index in [1.54, 1.807) is 12.3 Å². The highest BCUT2D eigenvalue weighted by molar-refractivity contribution is 7.15. The van der Waals surface area contributed by atoms with Crippen molar-refractivity contribution >= 4 is 28.5 Å². The molecule has 1 aromatic heterocycles. The van der Waals surface area contributed by atoms with Crippen molar-refractivity contribution in [1.82, 2.24) is 4.98 Å². The molecule has 0 aliphatic heterocycles. The Morgan fingerprint density at radius 2 is 1.91 bits per heavy atom. The molecule has 164 valence electrons. The van der Waals surface area contributed by atoms with Crippen LogP contribution >= 0.6 is 11.3 Å². The van der Waals surface area contributed by atoms with E-state index in [9.17, 15) is 10.1 Å². The first-order chi connectivity index (χ1) is 15.6. The van der Waals surface area contributed by atoms with Gasteiger partial charge in [0, 0.05) is 17.5 Å². The number of hydrogen-bond acceptors (Lipinski definition) is 5. The first kappa shape index (κ1) is 23.2. The van der Waals surface area contributed by atoms with Crippen LogP contribution in [0, 0.1) is 18.3 Å². The maximum Gasteiger partial charge on any atom is 0.268 e. The second-order valence-electron chi connectivity index (χ2n) is 7.54. The highest BCUT2D eigenvalue weighted by atomic mass is 32.1. The van der Waals surface area contributed by atoms with Crippen LogP contribution in [0.2, 0.25) is 0 Å². The topological polar surface area (TPSA) is 75.0 Å². The summed E-state index contributed by atoms with van der Waals surface area (Å²) in [6.45, 7) is 4.90. The molecule has 0 unspecified atom stereocenters. The van der Waals surface area contributed by atoms with E-state index < -0.39 is 5.91 Å². The van der Waals surface area contributed by atoms with Gasteiger partial charge in [-0.05, 0) is 42.7 Å². The molecule has 0 saturated carbocycles. The number of hydrogen-bond donors (Lipinski definition) is 1. The third-order valence-corrected chi connectivity index (χ3v) is 5.76. The van der Waals surface area contributed by atoms with Crippen molar-refractivity contribution in [3.05, 3.63) is 81.9 Å². The largest absolute Gasteiger partial charge is 0.494 e. The molecule has 0 aliphatic carbocycles. The lowest BCUT2D eigenvalue weighted by Gasteiger charge is -2.06. The molecule has 1 amide bonds. The van der Waals surface area contributed by atoms with Crippen molar-refractivity contribution in [3.63, 3.8) is 0 Å². The molecule has 3 rings (SSSR count). The minimum absolute atomic E-state index is 0.0249. The number of aromatic nitrogens is 1. The van der Waals surface area contributed by atoms with Crippen molar-refractivity contribution in [2.75, 3.05) is 11.9 Å². The average molecular weight is 446 g/mol. The second kappa shape index (κ2) is 11.8. The molecule has 2 aromatic carbocycles. The fourth-order valence-corrected chi connectivity index (χ4v) is 3.88. The van der Waals surface area contributed by atoms with Crippen LogP contribution in [0.4, 0.5) is 5.13 Å². The van der Waals surface area contributed by atoms with Gasteiger partial charge in [0.15, 0.2) is 5.13 Å². The average Bonchev–Trinajstić information content (AvgIpc) is 3.24. The predicted molar refractivity (Wildman–Crippen MR) is 130 cm³/mol. The van der Waals surface area contributed by atoms with Crippen LogP contribution in [-0.4, -0.2) is 17.5 Å². The minimum Gasteiger partial charge on any atom is -0.494 e. The van der Waals surface area contributed by atoms with Gasteiger partial charge in [-0.1, -0.05) is 61.7 Å². The van der Waals surface area contributed by atoms with Gasteiger partial charge in [-0.25, -0.2) is 4.98 Å². The van der Waals surface area contributed by atoms with Gasteiger partial charge < -0.3 is 4.74 Å². The number of ether oxygens (including phenoxy) is 1. The Hall–Kier alpha value is -3.43. The summed E-state index contributed by atoms with van der Waals surface area (Å²) in [4.78, 5) is 17.9. The lowest BCUT2D eigenvalue weighted by atomic mass is 10.1. The summed E-state index contributed by atoms with van der Waals surface area (Å²) < 4.78 is 5.70. The highest BCUT2D eigenvalue weighted by Crippen LogP contribution is 2.22. The summed E-state index contributed by atoms with van der Waals surface area (Å²) in [6, 6.07) is 17.7. The highest BCUT2D eigenvalue weighted by Gasteiger charge is 2.12.